The average Bonchev–Trinajstić information content (AvgIpc) is 3.03. The lowest BCUT2D eigenvalue weighted by Crippen LogP contribution is -2.42. The molecule has 2 heterocycles. The van der Waals surface area contributed by atoms with Gasteiger partial charge in [-0.3, -0.25) is 9.59 Å². The summed E-state index contributed by atoms with van der Waals surface area (Å²) < 4.78 is 0. The van der Waals surface area contributed by atoms with E-state index in [0.717, 1.165) is 11.3 Å². The molecule has 1 aromatic carbocycles. The molecule has 1 aliphatic rings. The second kappa shape index (κ2) is 8.37. The fraction of sp³-hybridized carbons (Fsp3) is 0.389. The molecule has 2 aromatic rings. The van der Waals surface area contributed by atoms with Crippen LogP contribution in [0.3, 0.4) is 0 Å². The van der Waals surface area contributed by atoms with Gasteiger partial charge in [0.1, 0.15) is 0 Å². The van der Waals surface area contributed by atoms with Crippen LogP contribution in [-0.4, -0.2) is 34.8 Å². The van der Waals surface area contributed by atoms with Crippen molar-refractivity contribution in [2.75, 3.05) is 18.4 Å². The van der Waals surface area contributed by atoms with Gasteiger partial charge in [0.2, 0.25) is 11.8 Å². The van der Waals surface area contributed by atoms with E-state index in [1.54, 1.807) is 17.0 Å². The smallest absolute Gasteiger partial charge is 0.229 e. The number of piperidine rings is 1. The van der Waals surface area contributed by atoms with Gasteiger partial charge in [0.05, 0.1) is 22.2 Å². The molecule has 1 aliphatic heterocycles. The number of carbonyl (C=O) groups is 2. The van der Waals surface area contributed by atoms with E-state index in [1.165, 1.54) is 11.3 Å². The Bertz CT molecular complexity index is 817. The van der Waals surface area contributed by atoms with E-state index in [4.69, 9.17) is 23.2 Å². The van der Waals surface area contributed by atoms with E-state index in [2.05, 4.69) is 10.3 Å². The molecule has 1 aromatic heterocycles. The van der Waals surface area contributed by atoms with Gasteiger partial charge in [-0.25, -0.2) is 4.98 Å². The van der Waals surface area contributed by atoms with Crippen LogP contribution in [0.25, 0.3) is 0 Å². The number of nitrogens with zero attached hydrogens (tertiary/aromatic N) is 2. The normalized spacial score (nSPS) is 15.1. The number of halogens is 2. The zero-order valence-electron chi connectivity index (χ0n) is 14.3. The standard InChI is InChI=1S/C18H19Cl2N3O2S/c1-11-10-26-18(21-11)22-17(25)13-4-6-23(7-5-13)16(24)9-12-2-3-14(19)15(20)8-12/h2-3,8,10,13H,4-7,9H2,1H3,(H,21,22,25). The molecule has 26 heavy (non-hydrogen) atoms. The van der Waals surface area contributed by atoms with Crippen molar-refractivity contribution in [3.05, 3.63) is 44.9 Å². The van der Waals surface area contributed by atoms with E-state index >= 15 is 0 Å². The Labute approximate surface area is 166 Å². The first-order chi connectivity index (χ1) is 12.4. The summed E-state index contributed by atoms with van der Waals surface area (Å²) in [6.45, 7) is 3.05. The largest absolute Gasteiger partial charge is 0.342 e. The molecular weight excluding hydrogens is 393 g/mol. The third-order valence-electron chi connectivity index (χ3n) is 4.41. The maximum Gasteiger partial charge on any atom is 0.229 e. The molecule has 0 spiro atoms. The van der Waals surface area contributed by atoms with Crippen LogP contribution in [0.15, 0.2) is 23.6 Å². The van der Waals surface area contributed by atoms with Crippen molar-refractivity contribution in [2.45, 2.75) is 26.2 Å². The Morgan fingerprint density at radius 1 is 1.27 bits per heavy atom. The van der Waals surface area contributed by atoms with Crippen LogP contribution >= 0.6 is 34.5 Å². The van der Waals surface area contributed by atoms with Crippen molar-refractivity contribution in [1.82, 2.24) is 9.88 Å². The van der Waals surface area contributed by atoms with E-state index in [1.807, 2.05) is 18.4 Å². The minimum absolute atomic E-state index is 0.0177. The second-order valence-corrected chi connectivity index (χ2v) is 8.04. The lowest BCUT2D eigenvalue weighted by atomic mass is 9.95. The van der Waals surface area contributed by atoms with E-state index < -0.39 is 0 Å². The Morgan fingerprint density at radius 2 is 2.00 bits per heavy atom. The number of thiazole rings is 1. The Morgan fingerprint density at radius 3 is 2.62 bits per heavy atom. The van der Waals surface area contributed by atoms with Gasteiger partial charge >= 0.3 is 0 Å². The van der Waals surface area contributed by atoms with Crippen molar-refractivity contribution in [1.29, 1.82) is 0 Å². The van der Waals surface area contributed by atoms with Crippen LogP contribution in [0.5, 0.6) is 0 Å². The third kappa shape index (κ3) is 4.75. The molecule has 0 unspecified atom stereocenters. The fourth-order valence-corrected chi connectivity index (χ4v) is 3.96. The maximum atomic E-state index is 12.5. The third-order valence-corrected chi connectivity index (χ3v) is 6.02. The molecule has 0 atom stereocenters. The van der Waals surface area contributed by atoms with E-state index in [0.29, 0.717) is 41.1 Å². The molecule has 0 radical (unpaired) electrons. The van der Waals surface area contributed by atoms with Crippen LogP contribution in [0.2, 0.25) is 10.0 Å². The van der Waals surface area contributed by atoms with Crippen molar-refractivity contribution in [3.63, 3.8) is 0 Å². The summed E-state index contributed by atoms with van der Waals surface area (Å²) in [6, 6.07) is 5.23. The van der Waals surface area contributed by atoms with Crippen molar-refractivity contribution >= 4 is 51.5 Å². The SMILES string of the molecule is Cc1csc(NC(=O)C2CCN(C(=O)Cc3ccc(Cl)c(Cl)c3)CC2)n1. The molecule has 1 saturated heterocycles. The first kappa shape index (κ1) is 19.1. The van der Waals surface area contributed by atoms with Crippen molar-refractivity contribution in [2.24, 2.45) is 5.92 Å². The number of anilines is 1. The molecule has 0 aliphatic carbocycles. The Kier molecular flexibility index (Phi) is 6.16. The van der Waals surface area contributed by atoms with Crippen LogP contribution < -0.4 is 5.32 Å². The Balaban J connectivity index is 1.50. The number of hydrogen-bond acceptors (Lipinski definition) is 4. The van der Waals surface area contributed by atoms with Crippen LogP contribution in [0, 0.1) is 12.8 Å². The molecule has 5 nitrogen and oxygen atoms in total. The minimum atomic E-state index is -0.0896. The number of amides is 2. The quantitative estimate of drug-likeness (QED) is 0.820. The number of aromatic nitrogens is 1. The second-order valence-electron chi connectivity index (χ2n) is 6.36. The van der Waals surface area contributed by atoms with Gasteiger partial charge in [-0.2, -0.15) is 0 Å². The molecule has 3 rings (SSSR count). The summed E-state index contributed by atoms with van der Waals surface area (Å²) >= 11 is 13.3. The number of aryl methyl sites for hydroxylation is 1. The number of likely N-dealkylation sites (tertiary alicyclic amines) is 1. The van der Waals surface area contributed by atoms with Gasteiger partial charge in [-0.05, 0) is 37.5 Å². The van der Waals surface area contributed by atoms with Gasteiger partial charge in [0, 0.05) is 24.4 Å². The van der Waals surface area contributed by atoms with Gasteiger partial charge in [-0.1, -0.05) is 29.3 Å². The summed E-state index contributed by atoms with van der Waals surface area (Å²) in [4.78, 5) is 30.9. The average molecular weight is 412 g/mol. The first-order valence-electron chi connectivity index (χ1n) is 8.37. The van der Waals surface area contributed by atoms with Gasteiger partial charge < -0.3 is 10.2 Å². The maximum absolute atomic E-state index is 12.5. The highest BCUT2D eigenvalue weighted by atomic mass is 35.5. The zero-order chi connectivity index (χ0) is 18.7. The molecule has 138 valence electrons. The molecule has 8 heteroatoms. The number of benzene rings is 1. The summed E-state index contributed by atoms with van der Waals surface area (Å²) in [5.74, 6) is -0.0676. The van der Waals surface area contributed by atoms with Gasteiger partial charge in [0.15, 0.2) is 5.13 Å². The zero-order valence-corrected chi connectivity index (χ0v) is 16.6. The summed E-state index contributed by atoms with van der Waals surface area (Å²) in [6.07, 6.45) is 1.60. The molecular formula is C18H19Cl2N3O2S. The van der Waals surface area contributed by atoms with Gasteiger partial charge in [0.25, 0.3) is 0 Å². The molecule has 0 saturated carbocycles. The fourth-order valence-electron chi connectivity index (χ4n) is 2.95. The predicted molar refractivity (Wildman–Crippen MR) is 105 cm³/mol. The molecule has 2 amide bonds. The summed E-state index contributed by atoms with van der Waals surface area (Å²) in [5, 5.41) is 6.32. The predicted octanol–water partition coefficient (Wildman–Crippen LogP) is 4.18. The van der Waals surface area contributed by atoms with E-state index in [-0.39, 0.29) is 24.2 Å². The minimum Gasteiger partial charge on any atom is -0.342 e. The molecule has 1 N–H and O–H groups in total. The highest BCUT2D eigenvalue weighted by Gasteiger charge is 2.27. The van der Waals surface area contributed by atoms with Crippen LogP contribution in [-0.2, 0) is 16.0 Å². The summed E-state index contributed by atoms with van der Waals surface area (Å²) in [7, 11) is 0. The van der Waals surface area contributed by atoms with Crippen molar-refractivity contribution in [3.8, 4) is 0 Å². The molecule has 1 fully saturated rings. The number of rotatable bonds is 4. The molecule has 0 bridgehead atoms. The highest BCUT2D eigenvalue weighted by Crippen LogP contribution is 2.24. The number of nitrogens with one attached hydrogen (secondary N) is 1. The topological polar surface area (TPSA) is 62.3 Å². The van der Waals surface area contributed by atoms with Crippen LogP contribution in [0.1, 0.15) is 24.1 Å². The lowest BCUT2D eigenvalue weighted by Gasteiger charge is -2.31. The van der Waals surface area contributed by atoms with Crippen molar-refractivity contribution < 1.29 is 9.59 Å². The first-order valence-corrected chi connectivity index (χ1v) is 10.0. The van der Waals surface area contributed by atoms with E-state index in [9.17, 15) is 9.59 Å². The lowest BCUT2D eigenvalue weighted by molar-refractivity contribution is -0.133. The monoisotopic (exact) mass is 411 g/mol. The highest BCUT2D eigenvalue weighted by molar-refractivity contribution is 7.13. The van der Waals surface area contributed by atoms with Gasteiger partial charge in [-0.15, -0.1) is 11.3 Å². The Hall–Kier alpha value is -1.63. The number of hydrogen-bond donors (Lipinski definition) is 1. The summed E-state index contributed by atoms with van der Waals surface area (Å²) in [5.41, 5.74) is 1.73. The van der Waals surface area contributed by atoms with Crippen LogP contribution in [0.4, 0.5) is 5.13 Å². The number of carbonyl (C=O) groups excluding carboxylic acids is 2.